The van der Waals surface area contributed by atoms with Crippen LogP contribution >= 0.6 is 8.60 Å². The van der Waals surface area contributed by atoms with E-state index in [1.807, 2.05) is 0 Å². The van der Waals surface area contributed by atoms with Crippen LogP contribution in [0.3, 0.4) is 0 Å². The molecule has 3 aromatic carbocycles. The molecule has 0 aliphatic carbocycles. The van der Waals surface area contributed by atoms with E-state index in [2.05, 4.69) is 0 Å². The lowest BCUT2D eigenvalue weighted by atomic mass is 10.1. The van der Waals surface area contributed by atoms with Gasteiger partial charge in [-0.05, 0) is 34.9 Å². The summed E-state index contributed by atoms with van der Waals surface area (Å²) in [4.78, 5) is 0. The van der Waals surface area contributed by atoms with E-state index in [1.54, 1.807) is 72.8 Å². The van der Waals surface area contributed by atoms with Gasteiger partial charge in [0.25, 0.3) is 0 Å². The first-order chi connectivity index (χ1) is 19.4. The van der Waals surface area contributed by atoms with Crippen LogP contribution in [-0.4, -0.2) is 38.5 Å². The monoisotopic (exact) mass is 586 g/mol. The third-order valence-electron chi connectivity index (χ3n) is 6.03. The van der Waals surface area contributed by atoms with Gasteiger partial charge in [0.05, 0.1) is 20.0 Å². The Kier molecular flexibility index (Phi) is 13.4. The van der Waals surface area contributed by atoms with E-state index in [1.165, 1.54) is 0 Å². The summed E-state index contributed by atoms with van der Waals surface area (Å²) in [5.41, 5.74) is 1.38. The molecule has 0 aromatic heterocycles. The number of hydrogen-bond donors (Lipinski definition) is 0. The van der Waals surface area contributed by atoms with Gasteiger partial charge in [0.15, 0.2) is 0 Å². The first-order valence-electron chi connectivity index (χ1n) is 13.1. The molecule has 0 aliphatic rings. The molecule has 10 heteroatoms. The normalized spacial score (nSPS) is 14.2. The quantitative estimate of drug-likeness (QED) is 0.110. The van der Waals surface area contributed by atoms with Crippen molar-refractivity contribution in [1.82, 2.24) is 0 Å². The van der Waals surface area contributed by atoms with Crippen LogP contribution in [0, 0.1) is 0 Å². The number of alkyl halides is 6. The van der Waals surface area contributed by atoms with Crippen molar-refractivity contribution >= 4 is 8.60 Å². The van der Waals surface area contributed by atoms with Gasteiger partial charge in [-0.15, -0.1) is 0 Å². The SMILES string of the molecule is FCCC(F)Cc1ccccc1OP(Oc1ccccc1CC(F)CCF)Oc1ccccc1CC(F)CCF. The van der Waals surface area contributed by atoms with Crippen molar-refractivity contribution < 1.29 is 39.9 Å². The molecule has 3 nitrogen and oxygen atoms in total. The predicted octanol–water partition coefficient (Wildman–Crippen LogP) is 9.17. The van der Waals surface area contributed by atoms with E-state index in [9.17, 15) is 26.3 Å². The predicted molar refractivity (Wildman–Crippen MR) is 146 cm³/mol. The zero-order valence-corrected chi connectivity index (χ0v) is 22.9. The topological polar surface area (TPSA) is 27.7 Å². The Morgan fingerprint density at radius 2 is 0.750 bits per heavy atom. The van der Waals surface area contributed by atoms with Crippen molar-refractivity contribution in [3.05, 3.63) is 89.5 Å². The van der Waals surface area contributed by atoms with Crippen molar-refractivity contribution in [3.8, 4) is 17.2 Å². The smallest absolute Gasteiger partial charge is 0.408 e. The number of para-hydroxylation sites is 3. The molecular formula is C30H33F6O3P. The molecular weight excluding hydrogens is 553 g/mol. The molecule has 3 unspecified atom stereocenters. The molecule has 3 aromatic rings. The Bertz CT molecular complexity index is 1010. The summed E-state index contributed by atoms with van der Waals surface area (Å²) in [7, 11) is -2.33. The van der Waals surface area contributed by atoms with Gasteiger partial charge in [0.2, 0.25) is 0 Å². The lowest BCUT2D eigenvalue weighted by Gasteiger charge is -2.22. The first-order valence-corrected chi connectivity index (χ1v) is 14.2. The average Bonchev–Trinajstić information content (AvgIpc) is 2.92. The summed E-state index contributed by atoms with van der Waals surface area (Å²) in [6, 6.07) is 19.8. The maximum atomic E-state index is 14.3. The van der Waals surface area contributed by atoms with Crippen molar-refractivity contribution in [2.24, 2.45) is 0 Å². The van der Waals surface area contributed by atoms with Crippen molar-refractivity contribution in [2.75, 3.05) is 20.0 Å². The molecule has 40 heavy (non-hydrogen) atoms. The van der Waals surface area contributed by atoms with E-state index < -0.39 is 47.1 Å². The zero-order chi connectivity index (χ0) is 28.7. The second-order valence-electron chi connectivity index (χ2n) is 9.16. The van der Waals surface area contributed by atoms with Crippen LogP contribution in [0.4, 0.5) is 26.3 Å². The first kappa shape index (κ1) is 31.6. The van der Waals surface area contributed by atoms with Gasteiger partial charge in [-0.3, -0.25) is 13.2 Å². The van der Waals surface area contributed by atoms with Crippen LogP contribution in [0.1, 0.15) is 36.0 Å². The van der Waals surface area contributed by atoms with Gasteiger partial charge in [0.1, 0.15) is 35.8 Å². The summed E-state index contributed by atoms with van der Waals surface area (Å²) in [6.45, 7) is -2.40. The molecule has 218 valence electrons. The average molecular weight is 587 g/mol. The van der Waals surface area contributed by atoms with Crippen LogP contribution in [-0.2, 0) is 19.3 Å². The Hall–Kier alpha value is -2.93. The maximum Gasteiger partial charge on any atom is 0.530 e. The highest BCUT2D eigenvalue weighted by Gasteiger charge is 2.25. The summed E-state index contributed by atoms with van der Waals surface area (Å²) in [5.74, 6) is 0.727. The van der Waals surface area contributed by atoms with E-state index >= 15 is 0 Å². The highest BCUT2D eigenvalue weighted by atomic mass is 31.2. The number of rotatable bonds is 18. The minimum atomic E-state index is -2.33. The third kappa shape index (κ3) is 10.2. The molecule has 3 atom stereocenters. The Morgan fingerprint density at radius 1 is 0.475 bits per heavy atom. The summed E-state index contributed by atoms with van der Waals surface area (Å²) in [5, 5.41) is 0. The molecule has 0 spiro atoms. The van der Waals surface area contributed by atoms with Gasteiger partial charge in [-0.1, -0.05) is 54.6 Å². The van der Waals surface area contributed by atoms with Crippen LogP contribution in [0.15, 0.2) is 72.8 Å². The molecule has 0 saturated heterocycles. The van der Waals surface area contributed by atoms with Crippen molar-refractivity contribution in [2.45, 2.75) is 57.0 Å². The molecule has 0 saturated carbocycles. The second kappa shape index (κ2) is 17.0. The third-order valence-corrected chi connectivity index (χ3v) is 7.07. The van der Waals surface area contributed by atoms with Crippen LogP contribution < -0.4 is 13.6 Å². The molecule has 0 amide bonds. The Labute approximate surface area is 232 Å². The molecule has 0 radical (unpaired) electrons. The minimum absolute atomic E-state index is 0.101. The lowest BCUT2D eigenvalue weighted by Crippen LogP contribution is -2.11. The fourth-order valence-electron chi connectivity index (χ4n) is 3.96. The minimum Gasteiger partial charge on any atom is -0.408 e. The summed E-state index contributed by atoms with van der Waals surface area (Å²) >= 11 is 0. The van der Waals surface area contributed by atoms with E-state index in [-0.39, 0.29) is 55.8 Å². The highest BCUT2D eigenvalue weighted by Crippen LogP contribution is 2.45. The Balaban J connectivity index is 1.92. The molecule has 0 fully saturated rings. The van der Waals surface area contributed by atoms with E-state index in [0.717, 1.165) is 0 Å². The standard InChI is InChI=1S/C30H33F6O3P/c31-16-13-25(34)19-22-7-1-4-10-28(22)37-40(38-29-11-5-2-8-23(29)20-26(35)14-17-32)39-30-12-6-3-9-24(30)21-27(36)15-18-33/h1-12,25-27H,13-21H2. The molecule has 0 bridgehead atoms. The summed E-state index contributed by atoms with van der Waals surface area (Å²) in [6.07, 6.45) is -5.38. The molecule has 0 aliphatic heterocycles. The van der Waals surface area contributed by atoms with Gasteiger partial charge in [-0.2, -0.15) is 0 Å². The molecule has 3 rings (SSSR count). The summed E-state index contributed by atoms with van der Waals surface area (Å²) < 4.78 is 99.3. The van der Waals surface area contributed by atoms with Crippen LogP contribution in [0.25, 0.3) is 0 Å². The molecule has 0 heterocycles. The van der Waals surface area contributed by atoms with Crippen molar-refractivity contribution in [1.29, 1.82) is 0 Å². The zero-order valence-electron chi connectivity index (χ0n) is 22.0. The fourth-order valence-corrected chi connectivity index (χ4v) is 5.09. The number of hydrogen-bond acceptors (Lipinski definition) is 3. The van der Waals surface area contributed by atoms with Gasteiger partial charge < -0.3 is 13.6 Å². The highest BCUT2D eigenvalue weighted by molar-refractivity contribution is 7.43. The van der Waals surface area contributed by atoms with Crippen LogP contribution in [0.2, 0.25) is 0 Å². The lowest BCUT2D eigenvalue weighted by molar-refractivity contribution is 0.278. The fraction of sp³-hybridized carbons (Fsp3) is 0.400. The van der Waals surface area contributed by atoms with Crippen molar-refractivity contribution in [3.63, 3.8) is 0 Å². The number of halogens is 6. The van der Waals surface area contributed by atoms with Gasteiger partial charge in [0, 0.05) is 38.5 Å². The van der Waals surface area contributed by atoms with E-state index in [0.29, 0.717) is 16.7 Å². The second-order valence-corrected chi connectivity index (χ2v) is 10.2. The Morgan fingerprint density at radius 3 is 1.02 bits per heavy atom. The number of benzene rings is 3. The van der Waals surface area contributed by atoms with E-state index in [4.69, 9.17) is 13.6 Å². The van der Waals surface area contributed by atoms with Gasteiger partial charge in [-0.25, -0.2) is 13.2 Å². The molecule has 0 N–H and O–H groups in total. The van der Waals surface area contributed by atoms with Crippen LogP contribution in [0.5, 0.6) is 17.2 Å². The van der Waals surface area contributed by atoms with Gasteiger partial charge >= 0.3 is 8.60 Å². The largest absolute Gasteiger partial charge is 0.530 e. The maximum absolute atomic E-state index is 14.3.